The summed E-state index contributed by atoms with van der Waals surface area (Å²) in [5.74, 6) is 0. The van der Waals surface area contributed by atoms with Crippen molar-refractivity contribution < 1.29 is 4.74 Å². The molecule has 1 N–H and O–H groups in total. The molecule has 0 aliphatic carbocycles. The first-order chi connectivity index (χ1) is 9.42. The van der Waals surface area contributed by atoms with Gasteiger partial charge in [0.2, 0.25) is 0 Å². The summed E-state index contributed by atoms with van der Waals surface area (Å²) < 4.78 is 7.00. The molecule has 2 aromatic rings. The standard InChI is InChI=1S/C15H21N3O/c1-19-13-12-16-10-5-8-15-9-11-17-18(15)14-6-3-2-4-7-14/h2-4,6-7,9,11,16H,5,8,10,12-13H2,1H3. The van der Waals surface area contributed by atoms with Crippen LogP contribution in [0.1, 0.15) is 12.1 Å². The van der Waals surface area contributed by atoms with Crippen molar-refractivity contribution in [3.8, 4) is 5.69 Å². The third kappa shape index (κ3) is 4.19. The molecule has 0 unspecified atom stereocenters. The number of hydrogen-bond donors (Lipinski definition) is 1. The van der Waals surface area contributed by atoms with Crippen LogP contribution < -0.4 is 5.32 Å². The molecule has 0 atom stereocenters. The van der Waals surface area contributed by atoms with Gasteiger partial charge in [-0.25, -0.2) is 4.68 Å². The second-order valence-corrected chi connectivity index (χ2v) is 4.42. The Kier molecular flexibility index (Phi) is 5.59. The summed E-state index contributed by atoms with van der Waals surface area (Å²) in [5, 5.41) is 7.74. The Morgan fingerprint density at radius 3 is 2.79 bits per heavy atom. The molecule has 0 spiro atoms. The zero-order chi connectivity index (χ0) is 13.3. The summed E-state index contributed by atoms with van der Waals surface area (Å²) in [6.07, 6.45) is 3.98. The van der Waals surface area contributed by atoms with E-state index in [1.165, 1.54) is 5.69 Å². The van der Waals surface area contributed by atoms with Crippen LogP contribution in [0.5, 0.6) is 0 Å². The average Bonchev–Trinajstić information content (AvgIpc) is 2.92. The molecular formula is C15H21N3O. The van der Waals surface area contributed by atoms with Gasteiger partial charge < -0.3 is 10.1 Å². The van der Waals surface area contributed by atoms with Crippen molar-refractivity contribution in [2.75, 3.05) is 26.8 Å². The molecule has 19 heavy (non-hydrogen) atoms. The van der Waals surface area contributed by atoms with Gasteiger partial charge in [0, 0.05) is 25.5 Å². The lowest BCUT2D eigenvalue weighted by Crippen LogP contribution is -2.20. The molecule has 102 valence electrons. The predicted molar refractivity (Wildman–Crippen MR) is 76.6 cm³/mol. The van der Waals surface area contributed by atoms with Gasteiger partial charge in [-0.2, -0.15) is 5.10 Å². The Bertz CT molecular complexity index is 467. The maximum Gasteiger partial charge on any atom is 0.0648 e. The maximum absolute atomic E-state index is 4.99. The van der Waals surface area contributed by atoms with E-state index in [0.29, 0.717) is 0 Å². The van der Waals surface area contributed by atoms with Gasteiger partial charge in [-0.3, -0.25) is 0 Å². The highest BCUT2D eigenvalue weighted by atomic mass is 16.5. The van der Waals surface area contributed by atoms with Gasteiger partial charge in [-0.1, -0.05) is 18.2 Å². The van der Waals surface area contributed by atoms with E-state index in [9.17, 15) is 0 Å². The Balaban J connectivity index is 1.83. The fourth-order valence-corrected chi connectivity index (χ4v) is 2.02. The van der Waals surface area contributed by atoms with Crippen molar-refractivity contribution in [2.24, 2.45) is 0 Å². The summed E-state index contributed by atoms with van der Waals surface area (Å²) in [4.78, 5) is 0. The molecule has 1 aromatic carbocycles. The molecule has 4 nitrogen and oxygen atoms in total. The minimum Gasteiger partial charge on any atom is -0.383 e. The second-order valence-electron chi connectivity index (χ2n) is 4.42. The fourth-order valence-electron chi connectivity index (χ4n) is 2.02. The van der Waals surface area contributed by atoms with Crippen LogP contribution in [0.3, 0.4) is 0 Å². The van der Waals surface area contributed by atoms with Crippen molar-refractivity contribution >= 4 is 0 Å². The number of para-hydroxylation sites is 1. The smallest absolute Gasteiger partial charge is 0.0648 e. The van der Waals surface area contributed by atoms with Gasteiger partial charge in [0.25, 0.3) is 0 Å². The highest BCUT2D eigenvalue weighted by Gasteiger charge is 2.03. The summed E-state index contributed by atoms with van der Waals surface area (Å²) >= 11 is 0. The zero-order valence-electron chi connectivity index (χ0n) is 11.4. The van der Waals surface area contributed by atoms with Gasteiger partial charge in [0.1, 0.15) is 0 Å². The van der Waals surface area contributed by atoms with Crippen molar-refractivity contribution in [1.29, 1.82) is 0 Å². The molecular weight excluding hydrogens is 238 g/mol. The van der Waals surface area contributed by atoms with Crippen LogP contribution in [0.15, 0.2) is 42.6 Å². The minimum absolute atomic E-state index is 0.766. The topological polar surface area (TPSA) is 39.1 Å². The van der Waals surface area contributed by atoms with Crippen molar-refractivity contribution in [1.82, 2.24) is 15.1 Å². The first-order valence-corrected chi connectivity index (χ1v) is 6.70. The first kappa shape index (κ1) is 13.8. The summed E-state index contributed by atoms with van der Waals surface area (Å²) in [6.45, 7) is 2.68. The summed E-state index contributed by atoms with van der Waals surface area (Å²) in [6, 6.07) is 12.3. The van der Waals surface area contributed by atoms with E-state index in [1.54, 1.807) is 7.11 Å². The van der Waals surface area contributed by atoms with Crippen LogP contribution in [0.4, 0.5) is 0 Å². The molecule has 0 fully saturated rings. The molecule has 0 saturated carbocycles. The van der Waals surface area contributed by atoms with Crippen LogP contribution >= 0.6 is 0 Å². The lowest BCUT2D eigenvalue weighted by molar-refractivity contribution is 0.199. The zero-order valence-corrected chi connectivity index (χ0v) is 11.4. The summed E-state index contributed by atoms with van der Waals surface area (Å²) in [5.41, 5.74) is 2.37. The number of benzene rings is 1. The Hall–Kier alpha value is -1.65. The van der Waals surface area contributed by atoms with Gasteiger partial charge in [0.15, 0.2) is 0 Å². The predicted octanol–water partition coefficient (Wildman–Crippen LogP) is 2.04. The Morgan fingerprint density at radius 1 is 1.16 bits per heavy atom. The Morgan fingerprint density at radius 2 is 2.00 bits per heavy atom. The molecule has 0 amide bonds. The van der Waals surface area contributed by atoms with E-state index in [0.717, 1.165) is 38.2 Å². The van der Waals surface area contributed by atoms with E-state index < -0.39 is 0 Å². The molecule has 4 heteroatoms. The molecule has 0 radical (unpaired) electrons. The number of aromatic nitrogens is 2. The normalized spacial score (nSPS) is 10.8. The number of methoxy groups -OCH3 is 1. The average molecular weight is 259 g/mol. The van der Waals surface area contributed by atoms with E-state index in [4.69, 9.17) is 4.74 Å². The van der Waals surface area contributed by atoms with Gasteiger partial charge >= 0.3 is 0 Å². The third-order valence-corrected chi connectivity index (χ3v) is 2.99. The molecule has 0 saturated heterocycles. The highest BCUT2D eigenvalue weighted by Crippen LogP contribution is 2.11. The fraction of sp³-hybridized carbons (Fsp3) is 0.400. The van der Waals surface area contributed by atoms with Gasteiger partial charge in [-0.05, 0) is 37.6 Å². The molecule has 0 aliphatic rings. The van der Waals surface area contributed by atoms with E-state index in [-0.39, 0.29) is 0 Å². The number of hydrogen-bond acceptors (Lipinski definition) is 3. The van der Waals surface area contributed by atoms with E-state index in [2.05, 4.69) is 28.6 Å². The van der Waals surface area contributed by atoms with Crippen molar-refractivity contribution in [2.45, 2.75) is 12.8 Å². The second kappa shape index (κ2) is 7.71. The molecule has 0 aliphatic heterocycles. The quantitative estimate of drug-likeness (QED) is 0.737. The number of nitrogens with one attached hydrogen (secondary N) is 1. The number of rotatable bonds is 8. The monoisotopic (exact) mass is 259 g/mol. The number of ether oxygens (including phenoxy) is 1. The van der Waals surface area contributed by atoms with E-state index >= 15 is 0 Å². The molecule has 2 rings (SSSR count). The molecule has 1 aromatic heterocycles. The van der Waals surface area contributed by atoms with Crippen LogP contribution in [0.2, 0.25) is 0 Å². The Labute approximate surface area is 114 Å². The maximum atomic E-state index is 4.99. The van der Waals surface area contributed by atoms with Crippen LogP contribution in [-0.4, -0.2) is 36.6 Å². The lowest BCUT2D eigenvalue weighted by Gasteiger charge is -2.08. The van der Waals surface area contributed by atoms with Crippen LogP contribution in [0, 0.1) is 0 Å². The number of aryl methyl sites for hydroxylation is 1. The van der Waals surface area contributed by atoms with E-state index in [1.807, 2.05) is 29.1 Å². The van der Waals surface area contributed by atoms with Crippen molar-refractivity contribution in [3.05, 3.63) is 48.3 Å². The SMILES string of the molecule is COCCNCCCc1ccnn1-c1ccccc1. The van der Waals surface area contributed by atoms with Crippen LogP contribution in [-0.2, 0) is 11.2 Å². The third-order valence-electron chi connectivity index (χ3n) is 2.99. The van der Waals surface area contributed by atoms with Gasteiger partial charge in [0.05, 0.1) is 12.3 Å². The largest absolute Gasteiger partial charge is 0.383 e. The highest BCUT2D eigenvalue weighted by molar-refractivity contribution is 5.32. The number of nitrogens with zero attached hydrogens (tertiary/aromatic N) is 2. The van der Waals surface area contributed by atoms with Gasteiger partial charge in [-0.15, -0.1) is 0 Å². The van der Waals surface area contributed by atoms with Crippen molar-refractivity contribution in [3.63, 3.8) is 0 Å². The minimum atomic E-state index is 0.766. The molecule has 0 bridgehead atoms. The first-order valence-electron chi connectivity index (χ1n) is 6.70. The molecule has 1 heterocycles. The summed E-state index contributed by atoms with van der Waals surface area (Å²) in [7, 11) is 1.72. The van der Waals surface area contributed by atoms with Crippen LogP contribution in [0.25, 0.3) is 5.69 Å². The lowest BCUT2D eigenvalue weighted by atomic mass is 10.2.